The van der Waals surface area contributed by atoms with E-state index in [1.807, 2.05) is 6.92 Å². The summed E-state index contributed by atoms with van der Waals surface area (Å²) in [6.07, 6.45) is -0.941. The summed E-state index contributed by atoms with van der Waals surface area (Å²) in [5.41, 5.74) is 1.88. The molecule has 2 amide bonds. The number of carbonyl (C=O) groups is 3. The molecule has 0 spiro atoms. The van der Waals surface area contributed by atoms with E-state index in [0.29, 0.717) is 22.5 Å². The van der Waals surface area contributed by atoms with Crippen molar-refractivity contribution in [3.8, 4) is 5.75 Å². The molecule has 0 saturated heterocycles. The Bertz CT molecular complexity index is 994. The fraction of sp³-hybridized carbons (Fsp3) is 0.368. The average molecular weight is 389 g/mol. The summed E-state index contributed by atoms with van der Waals surface area (Å²) >= 11 is 0. The van der Waals surface area contributed by atoms with Gasteiger partial charge in [0.15, 0.2) is 6.10 Å². The van der Waals surface area contributed by atoms with Crippen LogP contribution in [0.3, 0.4) is 0 Å². The van der Waals surface area contributed by atoms with Gasteiger partial charge in [0.05, 0.1) is 19.1 Å². The predicted molar refractivity (Wildman–Crippen MR) is 97.8 cm³/mol. The van der Waals surface area contributed by atoms with Crippen LogP contribution in [0.4, 0.5) is 0 Å². The SMILES string of the molecule is Cc1c(C)c2ccc(O[C@H](C)C(=O)NCC(=O)NCC(=O)[O-])c(C)c2oc1=O. The minimum absolute atomic E-state index is 0.364. The van der Waals surface area contributed by atoms with Gasteiger partial charge in [0.25, 0.3) is 5.91 Å². The lowest BCUT2D eigenvalue weighted by Crippen LogP contribution is -2.45. The van der Waals surface area contributed by atoms with Crippen LogP contribution in [0.15, 0.2) is 21.3 Å². The summed E-state index contributed by atoms with van der Waals surface area (Å²) in [4.78, 5) is 45.7. The first-order valence-corrected chi connectivity index (χ1v) is 8.56. The second-order valence-electron chi connectivity index (χ2n) is 6.33. The summed E-state index contributed by atoms with van der Waals surface area (Å²) in [6.45, 7) is 5.69. The molecule has 1 aromatic heterocycles. The number of carbonyl (C=O) groups excluding carboxylic acids is 3. The monoisotopic (exact) mass is 389 g/mol. The van der Waals surface area contributed by atoms with E-state index in [1.54, 1.807) is 26.0 Å². The van der Waals surface area contributed by atoms with Crippen LogP contribution in [-0.4, -0.2) is 37.0 Å². The van der Waals surface area contributed by atoms with Crippen molar-refractivity contribution in [1.29, 1.82) is 0 Å². The lowest BCUT2D eigenvalue weighted by Gasteiger charge is -2.17. The van der Waals surface area contributed by atoms with Gasteiger partial charge >= 0.3 is 5.63 Å². The summed E-state index contributed by atoms with van der Waals surface area (Å²) in [6, 6.07) is 3.43. The van der Waals surface area contributed by atoms with E-state index in [9.17, 15) is 24.3 Å². The summed E-state index contributed by atoms with van der Waals surface area (Å²) < 4.78 is 11.0. The van der Waals surface area contributed by atoms with Crippen molar-refractivity contribution in [2.45, 2.75) is 33.8 Å². The zero-order valence-corrected chi connectivity index (χ0v) is 16.0. The Morgan fingerprint density at radius 2 is 1.75 bits per heavy atom. The third-order valence-electron chi connectivity index (χ3n) is 4.35. The van der Waals surface area contributed by atoms with Crippen molar-refractivity contribution < 1.29 is 28.6 Å². The zero-order valence-electron chi connectivity index (χ0n) is 16.0. The van der Waals surface area contributed by atoms with Crippen LogP contribution in [0.5, 0.6) is 5.75 Å². The molecule has 2 N–H and O–H groups in total. The van der Waals surface area contributed by atoms with E-state index in [4.69, 9.17) is 9.15 Å². The molecule has 0 unspecified atom stereocenters. The average Bonchev–Trinajstić information content (AvgIpc) is 2.65. The maximum absolute atomic E-state index is 12.1. The molecular weight excluding hydrogens is 368 g/mol. The van der Waals surface area contributed by atoms with Crippen LogP contribution in [0.25, 0.3) is 11.0 Å². The topological polar surface area (TPSA) is 138 Å². The first kappa shape index (κ1) is 20.9. The summed E-state index contributed by atoms with van der Waals surface area (Å²) in [7, 11) is 0. The number of rotatable bonds is 7. The van der Waals surface area contributed by atoms with E-state index in [0.717, 1.165) is 10.9 Å². The molecule has 150 valence electrons. The number of aliphatic carboxylic acids is 1. The molecule has 0 bridgehead atoms. The van der Waals surface area contributed by atoms with Crippen molar-refractivity contribution in [1.82, 2.24) is 10.6 Å². The van der Waals surface area contributed by atoms with Gasteiger partial charge < -0.3 is 29.7 Å². The molecule has 28 heavy (non-hydrogen) atoms. The Labute approximate surface area is 160 Å². The number of amides is 2. The van der Waals surface area contributed by atoms with Crippen LogP contribution in [-0.2, 0) is 14.4 Å². The number of carboxylic acid groups (broad SMARTS) is 1. The highest BCUT2D eigenvalue weighted by Crippen LogP contribution is 2.29. The molecule has 1 aromatic carbocycles. The van der Waals surface area contributed by atoms with Crippen LogP contribution < -0.4 is 26.1 Å². The minimum atomic E-state index is -1.43. The molecule has 9 nitrogen and oxygen atoms in total. The molecule has 0 aliphatic carbocycles. The van der Waals surface area contributed by atoms with Crippen LogP contribution in [0.2, 0.25) is 0 Å². The number of hydrogen-bond acceptors (Lipinski definition) is 7. The van der Waals surface area contributed by atoms with Crippen molar-refractivity contribution in [3.63, 3.8) is 0 Å². The molecule has 1 atom stereocenters. The first-order chi connectivity index (χ1) is 13.1. The summed E-state index contributed by atoms with van der Waals surface area (Å²) in [5.74, 6) is -2.30. The van der Waals surface area contributed by atoms with E-state index in [2.05, 4.69) is 10.6 Å². The third-order valence-corrected chi connectivity index (χ3v) is 4.35. The molecule has 0 aliphatic rings. The quantitative estimate of drug-likeness (QED) is 0.607. The highest BCUT2D eigenvalue weighted by molar-refractivity contribution is 5.88. The molecule has 0 fully saturated rings. The Morgan fingerprint density at radius 1 is 1.07 bits per heavy atom. The second kappa shape index (κ2) is 8.55. The molecule has 1 heterocycles. The number of nitrogens with one attached hydrogen (secondary N) is 2. The van der Waals surface area contributed by atoms with Gasteiger partial charge in [-0.1, -0.05) is 0 Å². The number of hydrogen-bond donors (Lipinski definition) is 2. The molecule has 0 aliphatic heterocycles. The highest BCUT2D eigenvalue weighted by Gasteiger charge is 2.19. The van der Waals surface area contributed by atoms with Crippen molar-refractivity contribution in [2.75, 3.05) is 13.1 Å². The maximum Gasteiger partial charge on any atom is 0.339 e. The fourth-order valence-electron chi connectivity index (χ4n) is 2.54. The Hall–Kier alpha value is -3.36. The molecule has 0 saturated carbocycles. The Kier molecular flexibility index (Phi) is 6.40. The van der Waals surface area contributed by atoms with Crippen LogP contribution in [0.1, 0.15) is 23.6 Å². The molecule has 9 heteroatoms. The Morgan fingerprint density at radius 3 is 2.39 bits per heavy atom. The van der Waals surface area contributed by atoms with E-state index in [1.165, 1.54) is 6.92 Å². The van der Waals surface area contributed by atoms with E-state index < -0.39 is 42.6 Å². The number of benzene rings is 1. The first-order valence-electron chi connectivity index (χ1n) is 8.56. The number of ether oxygens (including phenoxy) is 1. The number of carboxylic acids is 1. The van der Waals surface area contributed by atoms with Gasteiger partial charge in [0.1, 0.15) is 11.3 Å². The standard InChI is InChI=1S/C19H22N2O7/c1-9-10(2)19(26)28-17-11(3)14(6-5-13(9)17)27-12(4)18(25)21-7-15(22)20-8-16(23)24/h5-6,12H,7-8H2,1-4H3,(H,20,22)(H,21,25)(H,23,24)/p-1/t12-/m1/s1. The number of fused-ring (bicyclic) bond motifs is 1. The van der Waals surface area contributed by atoms with Crippen LogP contribution >= 0.6 is 0 Å². The lowest BCUT2D eigenvalue weighted by atomic mass is 10.0. The molecule has 2 rings (SSSR count). The largest absolute Gasteiger partial charge is 0.548 e. The predicted octanol–water partition coefficient (Wildman–Crippen LogP) is -0.532. The van der Waals surface area contributed by atoms with Crippen LogP contribution in [0, 0.1) is 20.8 Å². The van der Waals surface area contributed by atoms with E-state index in [-0.39, 0.29) is 0 Å². The molecule has 0 radical (unpaired) electrons. The normalized spacial score (nSPS) is 11.7. The van der Waals surface area contributed by atoms with Gasteiger partial charge in [0, 0.05) is 16.5 Å². The van der Waals surface area contributed by atoms with Gasteiger partial charge in [-0.2, -0.15) is 0 Å². The number of aryl methyl sites for hydroxylation is 2. The highest BCUT2D eigenvalue weighted by atomic mass is 16.5. The second-order valence-corrected chi connectivity index (χ2v) is 6.33. The fourth-order valence-corrected chi connectivity index (χ4v) is 2.54. The van der Waals surface area contributed by atoms with Gasteiger partial charge in [-0.15, -0.1) is 0 Å². The van der Waals surface area contributed by atoms with Crippen molar-refractivity contribution in [3.05, 3.63) is 39.2 Å². The molecule has 2 aromatic rings. The maximum atomic E-state index is 12.1. The van der Waals surface area contributed by atoms with Gasteiger partial charge in [-0.05, 0) is 45.4 Å². The van der Waals surface area contributed by atoms with Gasteiger partial charge in [-0.25, -0.2) is 4.79 Å². The smallest absolute Gasteiger partial charge is 0.339 e. The summed E-state index contributed by atoms with van der Waals surface area (Å²) in [5, 5.41) is 15.5. The minimum Gasteiger partial charge on any atom is -0.548 e. The molecular formula is C19H21N2O7-. The van der Waals surface area contributed by atoms with Gasteiger partial charge in [-0.3, -0.25) is 9.59 Å². The zero-order chi connectivity index (χ0) is 21.0. The van der Waals surface area contributed by atoms with E-state index >= 15 is 0 Å². The third kappa shape index (κ3) is 4.67. The lowest BCUT2D eigenvalue weighted by molar-refractivity contribution is -0.304. The van der Waals surface area contributed by atoms with Gasteiger partial charge in [0.2, 0.25) is 5.91 Å². The van der Waals surface area contributed by atoms with Crippen molar-refractivity contribution in [2.24, 2.45) is 0 Å². The van der Waals surface area contributed by atoms with Crippen molar-refractivity contribution >= 4 is 28.8 Å². The Balaban J connectivity index is 2.09.